The van der Waals surface area contributed by atoms with Crippen molar-refractivity contribution in [1.29, 1.82) is 0 Å². The first-order chi connectivity index (χ1) is 11.8. The molecular formula is C18H22ClNO4S. The second-order valence-corrected chi connectivity index (χ2v) is 7.66. The largest absolute Gasteiger partial charge is 0.494 e. The van der Waals surface area contributed by atoms with Gasteiger partial charge in [-0.3, -0.25) is 0 Å². The van der Waals surface area contributed by atoms with Gasteiger partial charge in [-0.1, -0.05) is 11.6 Å². The van der Waals surface area contributed by atoms with Gasteiger partial charge in [-0.05, 0) is 68.3 Å². The van der Waals surface area contributed by atoms with E-state index in [1.54, 1.807) is 38.1 Å². The Morgan fingerprint density at radius 3 is 2.20 bits per heavy atom. The molecule has 0 saturated carbocycles. The Morgan fingerprint density at radius 2 is 1.60 bits per heavy atom. The van der Waals surface area contributed by atoms with Crippen LogP contribution in [0.1, 0.15) is 18.1 Å². The minimum Gasteiger partial charge on any atom is -0.494 e. The molecule has 2 rings (SSSR count). The van der Waals surface area contributed by atoms with Crippen LogP contribution in [0, 0.1) is 13.8 Å². The number of benzene rings is 2. The molecule has 0 aliphatic rings. The van der Waals surface area contributed by atoms with Gasteiger partial charge in [0.15, 0.2) is 0 Å². The Balaban J connectivity index is 1.91. The van der Waals surface area contributed by atoms with Crippen LogP contribution in [0.2, 0.25) is 5.02 Å². The quantitative estimate of drug-likeness (QED) is 0.706. The molecule has 0 spiro atoms. The van der Waals surface area contributed by atoms with Gasteiger partial charge in [0.25, 0.3) is 0 Å². The lowest BCUT2D eigenvalue weighted by molar-refractivity contribution is 0.319. The van der Waals surface area contributed by atoms with E-state index in [-0.39, 0.29) is 18.0 Å². The number of aryl methyl sites for hydroxylation is 2. The fourth-order valence-electron chi connectivity index (χ4n) is 2.27. The third-order valence-electron chi connectivity index (χ3n) is 3.54. The average molecular weight is 384 g/mol. The molecule has 7 heteroatoms. The van der Waals surface area contributed by atoms with Crippen molar-refractivity contribution in [3.63, 3.8) is 0 Å². The molecule has 0 aliphatic carbocycles. The van der Waals surface area contributed by atoms with Crippen LogP contribution in [0.15, 0.2) is 41.3 Å². The van der Waals surface area contributed by atoms with E-state index in [0.29, 0.717) is 22.9 Å². The fourth-order valence-corrected chi connectivity index (χ4v) is 3.81. The number of ether oxygens (including phenoxy) is 2. The van der Waals surface area contributed by atoms with E-state index in [1.807, 2.05) is 19.1 Å². The molecule has 0 fully saturated rings. The molecule has 5 nitrogen and oxygen atoms in total. The maximum Gasteiger partial charge on any atom is 0.240 e. The molecule has 2 aromatic rings. The maximum absolute atomic E-state index is 12.4. The first kappa shape index (κ1) is 19.6. The minimum absolute atomic E-state index is 0.163. The normalized spacial score (nSPS) is 11.4. The molecule has 2 aromatic carbocycles. The number of halogens is 1. The van der Waals surface area contributed by atoms with Gasteiger partial charge in [0, 0.05) is 11.6 Å². The molecule has 136 valence electrons. The van der Waals surface area contributed by atoms with Crippen LogP contribution in [-0.4, -0.2) is 28.2 Å². The molecule has 0 amide bonds. The van der Waals surface area contributed by atoms with Gasteiger partial charge in [-0.25, -0.2) is 13.1 Å². The summed E-state index contributed by atoms with van der Waals surface area (Å²) in [5.41, 5.74) is 1.33. The molecule has 25 heavy (non-hydrogen) atoms. The van der Waals surface area contributed by atoms with Crippen molar-refractivity contribution < 1.29 is 17.9 Å². The van der Waals surface area contributed by atoms with Crippen LogP contribution < -0.4 is 14.2 Å². The molecule has 0 aromatic heterocycles. The minimum atomic E-state index is -3.61. The Labute approximate surface area is 154 Å². The van der Waals surface area contributed by atoms with E-state index >= 15 is 0 Å². The van der Waals surface area contributed by atoms with Crippen LogP contribution in [-0.2, 0) is 10.0 Å². The van der Waals surface area contributed by atoms with Gasteiger partial charge in [0.1, 0.15) is 18.1 Å². The van der Waals surface area contributed by atoms with E-state index in [0.717, 1.165) is 11.3 Å². The van der Waals surface area contributed by atoms with Crippen molar-refractivity contribution in [1.82, 2.24) is 4.72 Å². The maximum atomic E-state index is 12.4. The molecule has 0 bridgehead atoms. The monoisotopic (exact) mass is 383 g/mol. The summed E-state index contributed by atoms with van der Waals surface area (Å²) in [5.74, 6) is 1.42. The molecule has 0 saturated heterocycles. The van der Waals surface area contributed by atoms with Crippen molar-refractivity contribution in [2.75, 3.05) is 19.8 Å². The summed E-state index contributed by atoms with van der Waals surface area (Å²) < 4.78 is 38.3. The predicted molar refractivity (Wildman–Crippen MR) is 99.2 cm³/mol. The molecule has 0 aliphatic heterocycles. The number of sulfonamides is 1. The van der Waals surface area contributed by atoms with Crippen molar-refractivity contribution in [2.45, 2.75) is 25.7 Å². The van der Waals surface area contributed by atoms with E-state index < -0.39 is 10.0 Å². The average Bonchev–Trinajstić information content (AvgIpc) is 2.56. The summed E-state index contributed by atoms with van der Waals surface area (Å²) in [4.78, 5) is 0.232. The van der Waals surface area contributed by atoms with E-state index in [2.05, 4.69) is 4.72 Å². The SMILES string of the molecule is CCOc1ccc(OCCNS(=O)(=O)c2cc(C)c(Cl)cc2C)cc1. The number of nitrogens with one attached hydrogen (secondary N) is 1. The lowest BCUT2D eigenvalue weighted by Gasteiger charge is -2.12. The molecule has 0 radical (unpaired) electrons. The second kappa shape index (κ2) is 8.56. The van der Waals surface area contributed by atoms with E-state index in [9.17, 15) is 8.42 Å². The van der Waals surface area contributed by atoms with Gasteiger partial charge >= 0.3 is 0 Å². The Hall–Kier alpha value is -1.76. The lowest BCUT2D eigenvalue weighted by Crippen LogP contribution is -2.28. The summed E-state index contributed by atoms with van der Waals surface area (Å²) >= 11 is 6.02. The predicted octanol–water partition coefficient (Wildman–Crippen LogP) is 3.71. The van der Waals surface area contributed by atoms with Gasteiger partial charge in [0.05, 0.1) is 11.5 Å². The number of hydrogen-bond acceptors (Lipinski definition) is 4. The van der Waals surface area contributed by atoms with E-state index in [4.69, 9.17) is 21.1 Å². The molecular weight excluding hydrogens is 362 g/mol. The number of rotatable bonds is 8. The van der Waals surface area contributed by atoms with Gasteiger partial charge in [-0.15, -0.1) is 0 Å². The Kier molecular flexibility index (Phi) is 6.70. The lowest BCUT2D eigenvalue weighted by atomic mass is 10.2. The summed E-state index contributed by atoms with van der Waals surface area (Å²) in [6, 6.07) is 10.4. The Morgan fingerprint density at radius 1 is 1.00 bits per heavy atom. The van der Waals surface area contributed by atoms with Crippen molar-refractivity contribution >= 4 is 21.6 Å². The molecule has 0 heterocycles. The van der Waals surface area contributed by atoms with Crippen LogP contribution in [0.4, 0.5) is 0 Å². The van der Waals surface area contributed by atoms with Crippen LogP contribution in [0.5, 0.6) is 11.5 Å². The summed E-state index contributed by atoms with van der Waals surface area (Å²) in [6.45, 7) is 6.40. The first-order valence-electron chi connectivity index (χ1n) is 7.95. The number of hydrogen-bond donors (Lipinski definition) is 1. The molecule has 1 N–H and O–H groups in total. The summed E-state index contributed by atoms with van der Waals surface area (Å²) in [7, 11) is -3.61. The van der Waals surface area contributed by atoms with Gasteiger partial charge < -0.3 is 9.47 Å². The topological polar surface area (TPSA) is 64.6 Å². The zero-order chi connectivity index (χ0) is 18.4. The summed E-state index contributed by atoms with van der Waals surface area (Å²) in [6.07, 6.45) is 0. The highest BCUT2D eigenvalue weighted by molar-refractivity contribution is 7.89. The van der Waals surface area contributed by atoms with Crippen LogP contribution in [0.25, 0.3) is 0 Å². The van der Waals surface area contributed by atoms with Gasteiger partial charge in [-0.2, -0.15) is 0 Å². The fraction of sp³-hybridized carbons (Fsp3) is 0.333. The first-order valence-corrected chi connectivity index (χ1v) is 9.81. The smallest absolute Gasteiger partial charge is 0.240 e. The highest BCUT2D eigenvalue weighted by atomic mass is 35.5. The van der Waals surface area contributed by atoms with Gasteiger partial charge in [0.2, 0.25) is 10.0 Å². The highest BCUT2D eigenvalue weighted by Gasteiger charge is 2.17. The van der Waals surface area contributed by atoms with Crippen molar-refractivity contribution in [2.24, 2.45) is 0 Å². The summed E-state index contributed by atoms with van der Waals surface area (Å²) in [5, 5.41) is 0.551. The zero-order valence-electron chi connectivity index (χ0n) is 14.5. The Bertz CT molecular complexity index is 820. The highest BCUT2D eigenvalue weighted by Crippen LogP contribution is 2.23. The van der Waals surface area contributed by atoms with Crippen molar-refractivity contribution in [3.05, 3.63) is 52.5 Å². The van der Waals surface area contributed by atoms with Crippen molar-refractivity contribution in [3.8, 4) is 11.5 Å². The zero-order valence-corrected chi connectivity index (χ0v) is 16.1. The third kappa shape index (κ3) is 5.36. The third-order valence-corrected chi connectivity index (χ3v) is 5.55. The second-order valence-electron chi connectivity index (χ2n) is 5.52. The molecule has 0 unspecified atom stereocenters. The standard InChI is InChI=1S/C18H22ClNO4S/c1-4-23-15-5-7-16(8-6-15)24-10-9-20-25(21,22)18-12-13(2)17(19)11-14(18)3/h5-8,11-12,20H,4,9-10H2,1-3H3. The van der Waals surface area contributed by atoms with Crippen LogP contribution in [0.3, 0.4) is 0 Å². The van der Waals surface area contributed by atoms with E-state index in [1.165, 1.54) is 0 Å². The molecule has 0 atom stereocenters. The van der Waals surface area contributed by atoms with Crippen LogP contribution >= 0.6 is 11.6 Å².